The van der Waals surface area contributed by atoms with Crippen LogP contribution in [0.15, 0.2) is 24.3 Å². The molecule has 4 nitrogen and oxygen atoms in total. The molecule has 1 aromatic rings. The summed E-state index contributed by atoms with van der Waals surface area (Å²) in [5.74, 6) is 1.06. The molecule has 1 aromatic heterocycles. The Hall–Kier alpha value is -1.26. The molecule has 1 heterocycles. The van der Waals surface area contributed by atoms with E-state index < -0.39 is 4.33 Å². The van der Waals surface area contributed by atoms with Gasteiger partial charge in [0.05, 0.1) is 0 Å². The van der Waals surface area contributed by atoms with Crippen molar-refractivity contribution in [3.05, 3.63) is 35.6 Å². The molecular weight excluding hydrogens is 295 g/mol. The number of nitrogens with zero attached hydrogens (tertiary/aromatic N) is 2. The average Bonchev–Trinajstić information content (AvgIpc) is 2.34. The number of aromatic nitrogens is 2. The lowest BCUT2D eigenvalue weighted by atomic mass is 9.95. The fraction of sp³-hybridized carbons (Fsp3) is 0.429. The van der Waals surface area contributed by atoms with Gasteiger partial charge in [0.2, 0.25) is 5.95 Å². The van der Waals surface area contributed by atoms with Crippen molar-refractivity contribution in [3.63, 3.8) is 0 Å². The summed E-state index contributed by atoms with van der Waals surface area (Å²) in [5.41, 5.74) is 13.3. The van der Waals surface area contributed by atoms with E-state index in [2.05, 4.69) is 9.97 Å². The number of alkyl halides is 2. The quantitative estimate of drug-likeness (QED) is 0.661. The molecule has 0 saturated heterocycles. The maximum atomic E-state index is 5.97. The van der Waals surface area contributed by atoms with Crippen molar-refractivity contribution in [2.24, 2.45) is 5.92 Å². The number of nitrogen functional groups attached to an aromatic ring is 2. The third kappa shape index (κ3) is 3.87. The van der Waals surface area contributed by atoms with E-state index >= 15 is 0 Å². The smallest absolute Gasteiger partial charge is 0.222 e. The van der Waals surface area contributed by atoms with E-state index in [0.29, 0.717) is 11.7 Å². The van der Waals surface area contributed by atoms with Crippen LogP contribution in [-0.2, 0) is 6.42 Å². The first-order valence-electron chi connectivity index (χ1n) is 6.52. The van der Waals surface area contributed by atoms with Gasteiger partial charge in [0.25, 0.3) is 0 Å². The fourth-order valence-electron chi connectivity index (χ4n) is 2.28. The van der Waals surface area contributed by atoms with Gasteiger partial charge < -0.3 is 11.5 Å². The van der Waals surface area contributed by atoms with Crippen LogP contribution in [-0.4, -0.2) is 14.3 Å². The largest absolute Gasteiger partial charge is 0.383 e. The van der Waals surface area contributed by atoms with Crippen LogP contribution < -0.4 is 11.5 Å². The number of aryl methyl sites for hydroxylation is 1. The summed E-state index contributed by atoms with van der Waals surface area (Å²) in [4.78, 5) is 8.14. The second-order valence-corrected chi connectivity index (χ2v) is 6.42. The monoisotopic (exact) mass is 312 g/mol. The minimum Gasteiger partial charge on any atom is -0.383 e. The highest BCUT2D eigenvalue weighted by Gasteiger charge is 2.20. The standard InChI is InChI=1S/C14H18Cl2N4/c1-9-11(12(17)20-13(18)19-9)4-2-3-10-5-7-14(15,16)8-6-10/h5-8,10H,2-4H2,1H3,(H4,17,18,19,20). The van der Waals surface area contributed by atoms with Crippen molar-refractivity contribution in [1.29, 1.82) is 0 Å². The molecule has 108 valence electrons. The first-order chi connectivity index (χ1) is 9.37. The SMILES string of the molecule is Cc1nc(N)nc(N)c1CCCC1C=CC(Cl)(Cl)C=C1. The lowest BCUT2D eigenvalue weighted by Gasteiger charge is -2.18. The highest BCUT2D eigenvalue weighted by molar-refractivity contribution is 6.51. The molecule has 0 radical (unpaired) electrons. The van der Waals surface area contributed by atoms with Crippen molar-refractivity contribution in [2.75, 3.05) is 11.5 Å². The molecular formula is C14H18Cl2N4. The van der Waals surface area contributed by atoms with E-state index in [1.165, 1.54) is 0 Å². The highest BCUT2D eigenvalue weighted by Crippen LogP contribution is 2.31. The molecule has 0 aromatic carbocycles. The van der Waals surface area contributed by atoms with E-state index in [1.54, 1.807) is 0 Å². The van der Waals surface area contributed by atoms with Gasteiger partial charge >= 0.3 is 0 Å². The van der Waals surface area contributed by atoms with Crippen LogP contribution in [0.25, 0.3) is 0 Å². The maximum absolute atomic E-state index is 5.97. The van der Waals surface area contributed by atoms with Crippen molar-refractivity contribution < 1.29 is 0 Å². The number of allylic oxidation sites excluding steroid dienone is 4. The highest BCUT2D eigenvalue weighted by atomic mass is 35.5. The third-order valence-corrected chi connectivity index (χ3v) is 3.86. The first-order valence-corrected chi connectivity index (χ1v) is 7.28. The summed E-state index contributed by atoms with van der Waals surface area (Å²) in [5, 5.41) is 0. The van der Waals surface area contributed by atoms with Crippen molar-refractivity contribution in [2.45, 2.75) is 30.5 Å². The van der Waals surface area contributed by atoms with Gasteiger partial charge in [-0.3, -0.25) is 0 Å². The molecule has 0 amide bonds. The predicted molar refractivity (Wildman–Crippen MR) is 84.7 cm³/mol. The van der Waals surface area contributed by atoms with Gasteiger partial charge in [0, 0.05) is 11.3 Å². The Balaban J connectivity index is 1.90. The van der Waals surface area contributed by atoms with E-state index in [0.717, 1.165) is 30.5 Å². The topological polar surface area (TPSA) is 77.8 Å². The Kier molecular flexibility index (Phi) is 4.55. The number of anilines is 2. The Morgan fingerprint density at radius 3 is 2.45 bits per heavy atom. The zero-order valence-corrected chi connectivity index (χ0v) is 12.8. The Labute approximate surface area is 128 Å². The Morgan fingerprint density at radius 2 is 1.85 bits per heavy atom. The summed E-state index contributed by atoms with van der Waals surface area (Å²) < 4.78 is -0.859. The van der Waals surface area contributed by atoms with Crippen LogP contribution in [0.4, 0.5) is 11.8 Å². The zero-order valence-electron chi connectivity index (χ0n) is 11.3. The molecule has 0 saturated carbocycles. The molecule has 1 aliphatic rings. The number of hydrogen-bond donors (Lipinski definition) is 2. The van der Waals surface area contributed by atoms with Crippen molar-refractivity contribution in [3.8, 4) is 0 Å². The Morgan fingerprint density at radius 1 is 1.20 bits per heavy atom. The molecule has 0 bridgehead atoms. The van der Waals surface area contributed by atoms with Gasteiger partial charge in [-0.05, 0) is 44.3 Å². The predicted octanol–water partition coefficient (Wildman–Crippen LogP) is 3.19. The van der Waals surface area contributed by atoms with E-state index in [-0.39, 0.29) is 5.95 Å². The number of hydrogen-bond acceptors (Lipinski definition) is 4. The molecule has 0 fully saturated rings. The number of nitrogens with two attached hydrogens (primary N) is 2. The van der Waals surface area contributed by atoms with Gasteiger partial charge in [-0.25, -0.2) is 4.98 Å². The van der Waals surface area contributed by atoms with E-state index in [1.807, 2.05) is 31.2 Å². The Bertz CT molecular complexity index is 513. The summed E-state index contributed by atoms with van der Waals surface area (Å²) in [6, 6.07) is 0. The van der Waals surface area contributed by atoms with Crippen molar-refractivity contribution in [1.82, 2.24) is 9.97 Å². The number of rotatable bonds is 4. The molecule has 6 heteroatoms. The van der Waals surface area contributed by atoms with Crippen LogP contribution in [0.1, 0.15) is 24.1 Å². The van der Waals surface area contributed by atoms with Gasteiger partial charge in [0.15, 0.2) is 4.33 Å². The lowest BCUT2D eigenvalue weighted by Crippen LogP contribution is -2.11. The average molecular weight is 313 g/mol. The molecule has 0 unspecified atom stereocenters. The molecule has 2 rings (SSSR count). The second kappa shape index (κ2) is 6.02. The van der Waals surface area contributed by atoms with Crippen LogP contribution in [0.5, 0.6) is 0 Å². The summed E-state index contributed by atoms with van der Waals surface area (Å²) >= 11 is 11.9. The number of halogens is 2. The fourth-order valence-corrected chi connectivity index (χ4v) is 2.57. The molecule has 0 spiro atoms. The van der Waals surface area contributed by atoms with Crippen LogP contribution in [0, 0.1) is 12.8 Å². The molecule has 20 heavy (non-hydrogen) atoms. The third-order valence-electron chi connectivity index (χ3n) is 3.36. The molecule has 1 aliphatic carbocycles. The van der Waals surface area contributed by atoms with Gasteiger partial charge in [-0.2, -0.15) is 4.98 Å². The minimum absolute atomic E-state index is 0.225. The summed E-state index contributed by atoms with van der Waals surface area (Å²) in [6.07, 6.45) is 10.5. The van der Waals surface area contributed by atoms with E-state index in [9.17, 15) is 0 Å². The van der Waals surface area contributed by atoms with Crippen LogP contribution >= 0.6 is 23.2 Å². The normalized spacial score (nSPS) is 17.6. The molecule has 0 aliphatic heterocycles. The second-order valence-electron chi connectivity index (χ2n) is 4.98. The first kappa shape index (κ1) is 15.1. The van der Waals surface area contributed by atoms with Gasteiger partial charge in [-0.15, -0.1) is 0 Å². The van der Waals surface area contributed by atoms with Crippen LogP contribution in [0.3, 0.4) is 0 Å². The summed E-state index contributed by atoms with van der Waals surface area (Å²) in [7, 11) is 0. The minimum atomic E-state index is -0.859. The molecule has 0 atom stereocenters. The van der Waals surface area contributed by atoms with E-state index in [4.69, 9.17) is 34.7 Å². The molecule has 4 N–H and O–H groups in total. The summed E-state index contributed by atoms with van der Waals surface area (Å²) in [6.45, 7) is 1.90. The zero-order chi connectivity index (χ0) is 14.8. The lowest BCUT2D eigenvalue weighted by molar-refractivity contribution is 0.643. The van der Waals surface area contributed by atoms with Gasteiger partial charge in [-0.1, -0.05) is 35.4 Å². The van der Waals surface area contributed by atoms with Gasteiger partial charge in [0.1, 0.15) is 5.82 Å². The van der Waals surface area contributed by atoms with Crippen molar-refractivity contribution >= 4 is 35.0 Å². The van der Waals surface area contributed by atoms with Crippen LogP contribution in [0.2, 0.25) is 0 Å². The maximum Gasteiger partial charge on any atom is 0.222 e.